The first-order valence-corrected chi connectivity index (χ1v) is 4.97. The van der Waals surface area contributed by atoms with Crippen LogP contribution in [0.1, 0.15) is 16.2 Å². The molecule has 17 heavy (non-hydrogen) atoms. The molecule has 2 rings (SSSR count). The number of ether oxygens (including phenoxy) is 1. The summed E-state index contributed by atoms with van der Waals surface area (Å²) in [6.45, 7) is 1.84. The lowest BCUT2D eigenvalue weighted by Gasteiger charge is -2.07. The van der Waals surface area contributed by atoms with Gasteiger partial charge in [0.05, 0.1) is 24.6 Å². The van der Waals surface area contributed by atoms with E-state index in [2.05, 4.69) is 14.7 Å². The Balaban J connectivity index is 2.52. The number of nitrogens with two attached hydrogens (primary N) is 1. The van der Waals surface area contributed by atoms with Crippen molar-refractivity contribution in [3.8, 4) is 5.82 Å². The van der Waals surface area contributed by atoms with Gasteiger partial charge in [-0.3, -0.25) is 4.57 Å². The lowest BCUT2D eigenvalue weighted by atomic mass is 10.2. The van der Waals surface area contributed by atoms with Gasteiger partial charge in [0.25, 0.3) is 0 Å². The highest BCUT2D eigenvalue weighted by molar-refractivity contribution is 5.95. The Bertz CT molecular complexity index is 562. The maximum absolute atomic E-state index is 11.5. The summed E-state index contributed by atoms with van der Waals surface area (Å²) < 4.78 is 6.40. The van der Waals surface area contributed by atoms with Crippen molar-refractivity contribution in [3.63, 3.8) is 0 Å². The fourth-order valence-corrected chi connectivity index (χ4v) is 1.49. The summed E-state index contributed by atoms with van der Waals surface area (Å²) in [7, 11) is 1.31. The minimum absolute atomic E-state index is 0.290. The predicted molar refractivity (Wildman–Crippen MR) is 61.8 cm³/mol. The van der Waals surface area contributed by atoms with Gasteiger partial charge in [-0.05, 0) is 13.0 Å². The summed E-state index contributed by atoms with van der Waals surface area (Å²) in [6, 6.07) is 1.58. The van der Waals surface area contributed by atoms with Crippen LogP contribution < -0.4 is 5.73 Å². The molecule has 2 aromatic rings. The molecule has 0 aliphatic heterocycles. The van der Waals surface area contributed by atoms with Gasteiger partial charge in [0.15, 0.2) is 0 Å². The maximum atomic E-state index is 11.5. The van der Waals surface area contributed by atoms with E-state index in [1.807, 2.05) is 6.92 Å². The maximum Gasteiger partial charge on any atom is 0.340 e. The molecule has 0 radical (unpaired) electrons. The molecule has 0 fully saturated rings. The van der Waals surface area contributed by atoms with Crippen LogP contribution in [0, 0.1) is 6.92 Å². The molecule has 2 heterocycles. The van der Waals surface area contributed by atoms with Crippen molar-refractivity contribution in [1.29, 1.82) is 0 Å². The van der Waals surface area contributed by atoms with E-state index in [0.717, 1.165) is 5.82 Å². The van der Waals surface area contributed by atoms with E-state index in [1.54, 1.807) is 23.0 Å². The van der Waals surface area contributed by atoms with Crippen molar-refractivity contribution >= 4 is 11.7 Å². The third-order valence-corrected chi connectivity index (χ3v) is 2.40. The normalized spacial score (nSPS) is 10.2. The Morgan fingerprint density at radius 2 is 2.24 bits per heavy atom. The highest BCUT2D eigenvalue weighted by atomic mass is 16.5. The average molecular weight is 232 g/mol. The van der Waals surface area contributed by atoms with E-state index in [1.165, 1.54) is 13.3 Å². The summed E-state index contributed by atoms with van der Waals surface area (Å²) in [5.74, 6) is 0.872. The number of aromatic nitrogens is 3. The molecular formula is C11H12N4O2. The zero-order valence-corrected chi connectivity index (χ0v) is 9.54. The molecule has 0 atom stereocenters. The Morgan fingerprint density at radius 1 is 1.47 bits per heavy atom. The highest BCUT2D eigenvalue weighted by Crippen LogP contribution is 2.16. The van der Waals surface area contributed by atoms with Crippen LogP contribution >= 0.6 is 0 Å². The standard InChI is InChI=1S/C11H12N4O2/c1-7-13-3-4-15(7)10-5-8(11(16)17-2)9(12)6-14-10/h3-6H,12H2,1-2H3. The number of imidazole rings is 1. The van der Waals surface area contributed by atoms with Crippen LogP contribution in [-0.4, -0.2) is 27.6 Å². The zero-order chi connectivity index (χ0) is 12.4. The van der Waals surface area contributed by atoms with Gasteiger partial charge in [-0.15, -0.1) is 0 Å². The number of esters is 1. The largest absolute Gasteiger partial charge is 0.465 e. The summed E-state index contributed by atoms with van der Waals surface area (Å²) in [5.41, 5.74) is 6.26. The van der Waals surface area contributed by atoms with E-state index in [-0.39, 0.29) is 0 Å². The molecule has 0 amide bonds. The van der Waals surface area contributed by atoms with Gasteiger partial charge in [0, 0.05) is 12.4 Å². The first-order chi connectivity index (χ1) is 8.13. The Morgan fingerprint density at radius 3 is 2.82 bits per heavy atom. The fourth-order valence-electron chi connectivity index (χ4n) is 1.49. The van der Waals surface area contributed by atoms with Crippen LogP contribution in [-0.2, 0) is 4.74 Å². The Labute approximate surface area is 98.1 Å². The minimum Gasteiger partial charge on any atom is -0.465 e. The smallest absolute Gasteiger partial charge is 0.340 e. The molecule has 0 aliphatic rings. The first-order valence-electron chi connectivity index (χ1n) is 4.97. The third kappa shape index (κ3) is 1.96. The zero-order valence-electron chi connectivity index (χ0n) is 9.54. The second-order valence-corrected chi connectivity index (χ2v) is 3.47. The van der Waals surface area contributed by atoms with Crippen LogP contribution in [0.25, 0.3) is 5.82 Å². The Kier molecular flexibility index (Phi) is 2.78. The lowest BCUT2D eigenvalue weighted by molar-refractivity contribution is 0.0602. The molecule has 0 aliphatic carbocycles. The van der Waals surface area contributed by atoms with E-state index in [0.29, 0.717) is 17.1 Å². The number of nitrogens with zero attached hydrogens (tertiary/aromatic N) is 3. The molecule has 88 valence electrons. The van der Waals surface area contributed by atoms with Gasteiger partial charge in [0.1, 0.15) is 11.6 Å². The van der Waals surface area contributed by atoms with Crippen LogP contribution in [0.15, 0.2) is 24.7 Å². The number of pyridine rings is 1. The van der Waals surface area contributed by atoms with Gasteiger partial charge < -0.3 is 10.5 Å². The van der Waals surface area contributed by atoms with Gasteiger partial charge in [-0.25, -0.2) is 14.8 Å². The quantitative estimate of drug-likeness (QED) is 0.779. The van der Waals surface area contributed by atoms with E-state index in [9.17, 15) is 4.79 Å². The van der Waals surface area contributed by atoms with Crippen molar-refractivity contribution in [2.45, 2.75) is 6.92 Å². The predicted octanol–water partition coefficient (Wildman–Crippen LogP) is 0.945. The molecule has 0 bridgehead atoms. The van der Waals surface area contributed by atoms with Gasteiger partial charge >= 0.3 is 5.97 Å². The minimum atomic E-state index is -0.482. The van der Waals surface area contributed by atoms with Crippen LogP contribution in [0.2, 0.25) is 0 Å². The van der Waals surface area contributed by atoms with Gasteiger partial charge in [0.2, 0.25) is 0 Å². The number of nitrogen functional groups attached to an aromatic ring is 1. The van der Waals surface area contributed by atoms with Gasteiger partial charge in [-0.2, -0.15) is 0 Å². The second kappa shape index (κ2) is 4.25. The van der Waals surface area contributed by atoms with Crippen molar-refractivity contribution in [3.05, 3.63) is 36.0 Å². The number of carbonyl (C=O) groups is 1. The fraction of sp³-hybridized carbons (Fsp3) is 0.182. The molecule has 6 heteroatoms. The first kappa shape index (κ1) is 11.1. The molecule has 6 nitrogen and oxygen atoms in total. The van der Waals surface area contributed by atoms with Crippen molar-refractivity contribution in [2.24, 2.45) is 0 Å². The summed E-state index contributed by atoms with van der Waals surface area (Å²) >= 11 is 0. The van der Waals surface area contributed by atoms with E-state index in [4.69, 9.17) is 5.73 Å². The summed E-state index contributed by atoms with van der Waals surface area (Å²) in [5, 5.41) is 0. The number of hydrogen-bond donors (Lipinski definition) is 1. The van der Waals surface area contributed by atoms with Crippen molar-refractivity contribution < 1.29 is 9.53 Å². The second-order valence-electron chi connectivity index (χ2n) is 3.47. The Hall–Kier alpha value is -2.37. The van der Waals surface area contributed by atoms with Crippen molar-refractivity contribution in [2.75, 3.05) is 12.8 Å². The molecule has 0 saturated heterocycles. The molecule has 0 saturated carbocycles. The number of carbonyl (C=O) groups excluding carboxylic acids is 1. The summed E-state index contributed by atoms with van der Waals surface area (Å²) in [6.07, 6.45) is 4.85. The van der Waals surface area contributed by atoms with Crippen molar-refractivity contribution in [1.82, 2.24) is 14.5 Å². The summed E-state index contributed by atoms with van der Waals surface area (Å²) in [4.78, 5) is 19.7. The van der Waals surface area contributed by atoms with Crippen LogP contribution in [0.4, 0.5) is 5.69 Å². The van der Waals surface area contributed by atoms with E-state index >= 15 is 0 Å². The SMILES string of the molecule is COC(=O)c1cc(-n2ccnc2C)ncc1N. The van der Waals surface area contributed by atoms with Gasteiger partial charge in [-0.1, -0.05) is 0 Å². The molecule has 2 aromatic heterocycles. The number of hydrogen-bond acceptors (Lipinski definition) is 5. The number of rotatable bonds is 2. The van der Waals surface area contributed by atoms with Crippen LogP contribution in [0.5, 0.6) is 0 Å². The molecule has 0 aromatic carbocycles. The average Bonchev–Trinajstić information content (AvgIpc) is 2.75. The topological polar surface area (TPSA) is 83.0 Å². The number of aryl methyl sites for hydroxylation is 1. The molecular weight excluding hydrogens is 220 g/mol. The number of methoxy groups -OCH3 is 1. The lowest BCUT2D eigenvalue weighted by Crippen LogP contribution is -2.09. The highest BCUT2D eigenvalue weighted by Gasteiger charge is 2.12. The number of anilines is 1. The monoisotopic (exact) mass is 232 g/mol. The van der Waals surface area contributed by atoms with Crippen LogP contribution in [0.3, 0.4) is 0 Å². The molecule has 0 spiro atoms. The third-order valence-electron chi connectivity index (χ3n) is 2.40. The van der Waals surface area contributed by atoms with E-state index < -0.39 is 5.97 Å². The molecule has 0 unspecified atom stereocenters. The molecule has 2 N–H and O–H groups in total.